The van der Waals surface area contributed by atoms with Crippen LogP contribution in [0, 0.1) is 5.92 Å². The molecular formula is C12H21. The molecule has 0 aliphatic heterocycles. The van der Waals surface area contributed by atoms with E-state index in [0.29, 0.717) is 0 Å². The van der Waals surface area contributed by atoms with Crippen molar-refractivity contribution < 1.29 is 0 Å². The largest absolute Gasteiger partial charge is 0.0847 e. The Bertz CT molecular complexity index is 144. The minimum atomic E-state index is 1.23. The first-order valence-electron chi connectivity index (χ1n) is 5.36. The molecular weight excluding hydrogens is 144 g/mol. The Morgan fingerprint density at radius 1 is 1.25 bits per heavy atom. The average Bonchev–Trinajstić information content (AvgIpc) is 2.02. The summed E-state index contributed by atoms with van der Waals surface area (Å²) in [6, 6.07) is 0. The monoisotopic (exact) mass is 165 g/mol. The molecule has 1 aliphatic carbocycles. The maximum absolute atomic E-state index is 2.47. The third kappa shape index (κ3) is 3.00. The average molecular weight is 165 g/mol. The van der Waals surface area contributed by atoms with E-state index in [0.717, 1.165) is 0 Å². The molecule has 1 rings (SSSR count). The van der Waals surface area contributed by atoms with E-state index < -0.39 is 0 Å². The van der Waals surface area contributed by atoms with E-state index in [1.165, 1.54) is 44.9 Å². The Kier molecular flexibility index (Phi) is 4.42. The van der Waals surface area contributed by atoms with E-state index in [9.17, 15) is 0 Å². The summed E-state index contributed by atoms with van der Waals surface area (Å²) in [5.74, 6) is 1.61. The van der Waals surface area contributed by atoms with Gasteiger partial charge in [0.15, 0.2) is 0 Å². The van der Waals surface area contributed by atoms with Crippen molar-refractivity contribution in [2.24, 2.45) is 0 Å². The van der Waals surface area contributed by atoms with Crippen LogP contribution in [0.5, 0.6) is 0 Å². The smallest absolute Gasteiger partial charge is 0.00282 e. The summed E-state index contributed by atoms with van der Waals surface area (Å²) in [7, 11) is 0. The van der Waals surface area contributed by atoms with Gasteiger partial charge in [-0.05, 0) is 38.0 Å². The van der Waals surface area contributed by atoms with Crippen LogP contribution in [0.3, 0.4) is 0 Å². The van der Waals surface area contributed by atoms with Gasteiger partial charge in [0.25, 0.3) is 0 Å². The highest BCUT2D eigenvalue weighted by molar-refractivity contribution is 5.22. The molecule has 0 saturated carbocycles. The Balaban J connectivity index is 2.46. The van der Waals surface area contributed by atoms with Gasteiger partial charge < -0.3 is 0 Å². The van der Waals surface area contributed by atoms with Crippen molar-refractivity contribution in [3.8, 4) is 0 Å². The molecule has 0 aromatic rings. The first kappa shape index (κ1) is 9.83. The fraction of sp³-hybridized carbons (Fsp3) is 0.750. The highest BCUT2D eigenvalue weighted by Crippen LogP contribution is 2.25. The van der Waals surface area contributed by atoms with E-state index in [2.05, 4.69) is 19.9 Å². The van der Waals surface area contributed by atoms with E-state index in [1.54, 1.807) is 11.5 Å². The molecule has 12 heavy (non-hydrogen) atoms. The highest BCUT2D eigenvalue weighted by Gasteiger charge is 2.08. The van der Waals surface area contributed by atoms with Crippen LogP contribution in [0.1, 0.15) is 58.8 Å². The van der Waals surface area contributed by atoms with Gasteiger partial charge in [-0.3, -0.25) is 0 Å². The fourth-order valence-electron chi connectivity index (χ4n) is 1.81. The topological polar surface area (TPSA) is 0 Å². The Labute approximate surface area is 77.1 Å². The minimum absolute atomic E-state index is 1.23. The van der Waals surface area contributed by atoms with Crippen molar-refractivity contribution in [1.82, 2.24) is 0 Å². The third-order valence-electron chi connectivity index (χ3n) is 2.87. The number of allylic oxidation sites excluding steroid dienone is 2. The van der Waals surface area contributed by atoms with E-state index in [-0.39, 0.29) is 0 Å². The Morgan fingerprint density at radius 2 is 2.00 bits per heavy atom. The molecule has 0 saturated heterocycles. The Hall–Kier alpha value is -0.260. The molecule has 0 N–H and O–H groups in total. The maximum Gasteiger partial charge on any atom is -0.00282 e. The second-order valence-electron chi connectivity index (χ2n) is 3.82. The summed E-state index contributed by atoms with van der Waals surface area (Å²) >= 11 is 0. The standard InChI is InChI=1S/C12H21/c1-3-11(2)12-9-7-5-4-6-8-10-12/h9H,3-8,10H2,1-2H3/b12-9+. The highest BCUT2D eigenvalue weighted by atomic mass is 14.1. The second-order valence-corrected chi connectivity index (χ2v) is 3.82. The van der Waals surface area contributed by atoms with Crippen LogP contribution < -0.4 is 0 Å². The van der Waals surface area contributed by atoms with Crippen molar-refractivity contribution in [3.63, 3.8) is 0 Å². The van der Waals surface area contributed by atoms with Crippen LogP contribution in [-0.4, -0.2) is 0 Å². The van der Waals surface area contributed by atoms with Crippen LogP contribution in [-0.2, 0) is 0 Å². The number of rotatable bonds is 2. The molecule has 1 radical (unpaired) electrons. The summed E-state index contributed by atoms with van der Waals surface area (Å²) in [5.41, 5.74) is 1.65. The van der Waals surface area contributed by atoms with E-state index in [1.807, 2.05) is 0 Å². The third-order valence-corrected chi connectivity index (χ3v) is 2.87. The molecule has 0 amide bonds. The summed E-state index contributed by atoms with van der Waals surface area (Å²) in [6.07, 6.45) is 12.0. The van der Waals surface area contributed by atoms with Crippen LogP contribution >= 0.6 is 0 Å². The van der Waals surface area contributed by atoms with Crippen LogP contribution in [0.25, 0.3) is 0 Å². The fourth-order valence-corrected chi connectivity index (χ4v) is 1.81. The van der Waals surface area contributed by atoms with Gasteiger partial charge in [0.1, 0.15) is 0 Å². The second kappa shape index (κ2) is 5.40. The normalized spacial score (nSPS) is 24.4. The summed E-state index contributed by atoms with van der Waals surface area (Å²) < 4.78 is 0. The van der Waals surface area contributed by atoms with Crippen LogP contribution in [0.4, 0.5) is 0 Å². The molecule has 0 heterocycles. The minimum Gasteiger partial charge on any atom is -0.0847 e. The van der Waals surface area contributed by atoms with Crippen molar-refractivity contribution in [2.75, 3.05) is 0 Å². The zero-order valence-corrected chi connectivity index (χ0v) is 8.53. The lowest BCUT2D eigenvalue weighted by molar-refractivity contribution is 0.618. The zero-order chi connectivity index (χ0) is 8.81. The predicted octanol–water partition coefficient (Wildman–Crippen LogP) is 4.27. The lowest BCUT2D eigenvalue weighted by Gasteiger charge is -2.15. The molecule has 0 nitrogen and oxygen atoms in total. The van der Waals surface area contributed by atoms with E-state index in [4.69, 9.17) is 0 Å². The molecule has 0 atom stereocenters. The molecule has 69 valence electrons. The quantitative estimate of drug-likeness (QED) is 0.573. The zero-order valence-electron chi connectivity index (χ0n) is 8.53. The SMILES string of the molecule is CC[C](C)/C1=C/CCCCCC1. The van der Waals surface area contributed by atoms with Gasteiger partial charge in [-0.25, -0.2) is 0 Å². The number of hydrogen-bond donors (Lipinski definition) is 0. The molecule has 0 spiro atoms. The van der Waals surface area contributed by atoms with Crippen molar-refractivity contribution >= 4 is 0 Å². The van der Waals surface area contributed by atoms with Gasteiger partial charge in [-0.2, -0.15) is 0 Å². The molecule has 1 aliphatic rings. The molecule has 0 aromatic carbocycles. The van der Waals surface area contributed by atoms with E-state index >= 15 is 0 Å². The number of hydrogen-bond acceptors (Lipinski definition) is 0. The molecule has 0 bridgehead atoms. The molecule has 0 aromatic heterocycles. The molecule has 0 heteroatoms. The summed E-state index contributed by atoms with van der Waals surface area (Å²) in [5, 5.41) is 0. The van der Waals surface area contributed by atoms with Gasteiger partial charge >= 0.3 is 0 Å². The lowest BCUT2D eigenvalue weighted by atomic mass is 9.90. The summed E-state index contributed by atoms with van der Waals surface area (Å²) in [6.45, 7) is 4.54. The predicted molar refractivity (Wildman–Crippen MR) is 55.0 cm³/mol. The van der Waals surface area contributed by atoms with Gasteiger partial charge in [0.2, 0.25) is 0 Å². The van der Waals surface area contributed by atoms with Crippen LogP contribution in [0.2, 0.25) is 0 Å². The first-order valence-corrected chi connectivity index (χ1v) is 5.36. The lowest BCUT2D eigenvalue weighted by Crippen LogP contribution is -1.98. The first-order chi connectivity index (χ1) is 5.84. The van der Waals surface area contributed by atoms with Gasteiger partial charge in [0.05, 0.1) is 0 Å². The van der Waals surface area contributed by atoms with Crippen molar-refractivity contribution in [2.45, 2.75) is 58.8 Å². The van der Waals surface area contributed by atoms with Crippen LogP contribution in [0.15, 0.2) is 11.6 Å². The molecule has 0 unspecified atom stereocenters. The summed E-state index contributed by atoms with van der Waals surface area (Å²) in [4.78, 5) is 0. The van der Waals surface area contributed by atoms with Gasteiger partial charge in [-0.15, -0.1) is 0 Å². The molecule has 0 fully saturated rings. The van der Waals surface area contributed by atoms with Gasteiger partial charge in [0, 0.05) is 0 Å². The maximum atomic E-state index is 2.47. The van der Waals surface area contributed by atoms with Gasteiger partial charge in [-0.1, -0.05) is 38.3 Å². The Morgan fingerprint density at radius 3 is 2.75 bits per heavy atom. The van der Waals surface area contributed by atoms with Crippen molar-refractivity contribution in [1.29, 1.82) is 0 Å². The van der Waals surface area contributed by atoms with Crippen molar-refractivity contribution in [3.05, 3.63) is 17.6 Å².